The number of rotatable bonds is 11. The Balaban J connectivity index is 1.62. The number of ether oxygens (including phenoxy) is 1. The van der Waals surface area contributed by atoms with E-state index in [2.05, 4.69) is 15.3 Å². The highest BCUT2D eigenvalue weighted by Crippen LogP contribution is 2.29. The number of carboxylic acid groups (broad SMARTS) is 1. The highest BCUT2D eigenvalue weighted by molar-refractivity contribution is 6.31. The molecule has 2 amide bonds. The maximum atomic E-state index is 12.9. The third-order valence-corrected chi connectivity index (χ3v) is 5.83. The molecule has 37 heavy (non-hydrogen) atoms. The van der Waals surface area contributed by atoms with Crippen molar-refractivity contribution in [3.63, 3.8) is 0 Å². The van der Waals surface area contributed by atoms with Gasteiger partial charge in [0.15, 0.2) is 28.4 Å². The van der Waals surface area contributed by atoms with E-state index >= 15 is 0 Å². The topological polar surface area (TPSA) is 207 Å². The first-order chi connectivity index (χ1) is 17.7. The second-order valence-electron chi connectivity index (χ2n) is 8.13. The predicted octanol–water partition coefficient (Wildman–Crippen LogP) is 2.84. The fourth-order valence-corrected chi connectivity index (χ4v) is 3.90. The third kappa shape index (κ3) is 7.10. The number of carbonyl (C=O) groups excluding carboxylic acids is 1. The molecule has 9 N–H and O–H groups in total. The average molecular weight is 529 g/mol. The molecule has 0 spiro atoms. The van der Waals surface area contributed by atoms with Crippen LogP contribution in [0.1, 0.15) is 35.3 Å². The third-order valence-electron chi connectivity index (χ3n) is 5.55. The number of fused-ring (bicyclic) bond motifs is 1. The van der Waals surface area contributed by atoms with Gasteiger partial charge in [-0.25, -0.2) is 14.8 Å². The van der Waals surface area contributed by atoms with Gasteiger partial charge >= 0.3 is 6.09 Å². The minimum absolute atomic E-state index is 0.0936. The molecule has 3 rings (SSSR count). The summed E-state index contributed by atoms with van der Waals surface area (Å²) in [6, 6.07) is 11.8. The van der Waals surface area contributed by atoms with E-state index in [1.165, 1.54) is 0 Å². The van der Waals surface area contributed by atoms with Crippen molar-refractivity contribution < 1.29 is 19.4 Å². The number of nitrogens with zero attached hydrogens (tertiary/aromatic N) is 3. The standard InChI is InChI=1S/C24H29ClN8O4/c25-19-21(27)32-20(26)18(31-19)22(34)33(23(28)29)12-4-3-6-14-9-10-17(16-8-2-1-7-15(14)16)37-13-5-11-30-24(35)36/h1-2,7-10,30H,3-6,11-13H2,(H3,28,29)(H,35,36)(H4,26,27,32). The van der Waals surface area contributed by atoms with Crippen molar-refractivity contribution >= 4 is 52.0 Å². The number of benzene rings is 2. The number of nitrogen functional groups attached to an aromatic ring is 2. The summed E-state index contributed by atoms with van der Waals surface area (Å²) in [6.07, 6.45) is 1.49. The smallest absolute Gasteiger partial charge is 0.404 e. The zero-order chi connectivity index (χ0) is 26.9. The number of unbranched alkanes of at least 4 members (excludes halogenated alkanes) is 1. The minimum Gasteiger partial charge on any atom is -0.493 e. The van der Waals surface area contributed by atoms with Crippen molar-refractivity contribution in [2.24, 2.45) is 5.73 Å². The Morgan fingerprint density at radius 2 is 1.78 bits per heavy atom. The molecule has 1 heterocycles. The van der Waals surface area contributed by atoms with Crippen LogP contribution in [-0.2, 0) is 6.42 Å². The van der Waals surface area contributed by atoms with Crippen LogP contribution in [0.5, 0.6) is 5.75 Å². The van der Waals surface area contributed by atoms with Crippen molar-refractivity contribution in [3.05, 3.63) is 52.8 Å². The van der Waals surface area contributed by atoms with Gasteiger partial charge in [-0.15, -0.1) is 0 Å². The number of halogens is 1. The summed E-state index contributed by atoms with van der Waals surface area (Å²) in [7, 11) is 0. The first-order valence-electron chi connectivity index (χ1n) is 11.5. The van der Waals surface area contributed by atoms with Crippen molar-refractivity contribution in [1.29, 1.82) is 5.41 Å². The van der Waals surface area contributed by atoms with Crippen LogP contribution in [0.2, 0.25) is 5.15 Å². The molecule has 12 nitrogen and oxygen atoms in total. The molecule has 0 saturated heterocycles. The van der Waals surface area contributed by atoms with Gasteiger partial charge in [0.25, 0.3) is 5.91 Å². The van der Waals surface area contributed by atoms with Crippen molar-refractivity contribution in [3.8, 4) is 5.75 Å². The number of nitrogens with two attached hydrogens (primary N) is 3. The largest absolute Gasteiger partial charge is 0.493 e. The number of carbonyl (C=O) groups is 2. The van der Waals surface area contributed by atoms with Crippen LogP contribution in [0.3, 0.4) is 0 Å². The van der Waals surface area contributed by atoms with E-state index < -0.39 is 18.0 Å². The minimum atomic E-state index is -1.06. The number of hydrogen-bond acceptors (Lipinski definition) is 8. The summed E-state index contributed by atoms with van der Waals surface area (Å²) in [5.74, 6) is -0.674. The van der Waals surface area contributed by atoms with Crippen LogP contribution >= 0.6 is 11.6 Å². The van der Waals surface area contributed by atoms with E-state index in [9.17, 15) is 9.59 Å². The molecule has 196 valence electrons. The van der Waals surface area contributed by atoms with Crippen LogP contribution < -0.4 is 27.3 Å². The summed E-state index contributed by atoms with van der Waals surface area (Å²) >= 11 is 5.88. The van der Waals surface area contributed by atoms with Gasteiger partial charge in [0, 0.05) is 18.5 Å². The molecule has 13 heteroatoms. The molecule has 0 aliphatic rings. The molecule has 0 unspecified atom stereocenters. The lowest BCUT2D eigenvalue weighted by Gasteiger charge is -2.21. The van der Waals surface area contributed by atoms with Gasteiger partial charge in [-0.05, 0) is 42.7 Å². The Labute approximate surface area is 218 Å². The maximum absolute atomic E-state index is 12.9. The molecule has 0 aliphatic carbocycles. The lowest BCUT2D eigenvalue weighted by atomic mass is 9.99. The zero-order valence-corrected chi connectivity index (χ0v) is 20.8. The van der Waals surface area contributed by atoms with E-state index in [1.807, 2.05) is 36.4 Å². The van der Waals surface area contributed by atoms with Crippen molar-refractivity contribution in [2.45, 2.75) is 25.7 Å². The number of nitrogens with one attached hydrogen (secondary N) is 2. The number of aryl methyl sites for hydroxylation is 1. The Morgan fingerprint density at radius 1 is 1.05 bits per heavy atom. The number of hydrogen-bond donors (Lipinski definition) is 6. The average Bonchev–Trinajstić information content (AvgIpc) is 2.86. The Morgan fingerprint density at radius 3 is 2.49 bits per heavy atom. The number of amides is 2. The normalized spacial score (nSPS) is 10.7. The first-order valence-corrected chi connectivity index (χ1v) is 11.9. The second kappa shape index (κ2) is 12.6. The lowest BCUT2D eigenvalue weighted by Crippen LogP contribution is -2.42. The Hall–Kier alpha value is -4.32. The molecule has 0 bridgehead atoms. The van der Waals surface area contributed by atoms with Gasteiger partial charge in [-0.2, -0.15) is 0 Å². The SMILES string of the molecule is N=C(N)N(CCCCc1ccc(OCCCNC(=O)O)c2ccccc12)C(=O)c1nc(Cl)c(N)nc1N. The molecular weight excluding hydrogens is 500 g/mol. The summed E-state index contributed by atoms with van der Waals surface area (Å²) in [6.45, 7) is 0.878. The van der Waals surface area contributed by atoms with Crippen molar-refractivity contribution in [2.75, 3.05) is 31.2 Å². The van der Waals surface area contributed by atoms with E-state index in [1.54, 1.807) is 0 Å². The quantitative estimate of drug-likeness (QED) is 0.123. The zero-order valence-electron chi connectivity index (χ0n) is 20.0. The number of anilines is 2. The fourth-order valence-electron chi connectivity index (χ4n) is 3.77. The summed E-state index contributed by atoms with van der Waals surface area (Å²) in [5.41, 5.74) is 17.9. The number of aromatic nitrogens is 2. The van der Waals surface area contributed by atoms with Crippen LogP contribution in [0.25, 0.3) is 10.8 Å². The Kier molecular flexibility index (Phi) is 9.27. The maximum Gasteiger partial charge on any atom is 0.404 e. The fraction of sp³-hybridized carbons (Fsp3) is 0.292. The molecule has 1 aromatic heterocycles. The molecule has 0 radical (unpaired) electrons. The van der Waals surface area contributed by atoms with E-state index in [4.69, 9.17) is 44.1 Å². The monoisotopic (exact) mass is 528 g/mol. The molecule has 0 saturated carbocycles. The molecule has 0 aliphatic heterocycles. The van der Waals surface area contributed by atoms with E-state index in [0.717, 1.165) is 33.4 Å². The van der Waals surface area contributed by atoms with E-state index in [-0.39, 0.29) is 29.0 Å². The van der Waals surface area contributed by atoms with Gasteiger partial charge in [0.05, 0.1) is 6.61 Å². The number of guanidine groups is 1. The van der Waals surface area contributed by atoms with Crippen LogP contribution in [-0.4, -0.2) is 57.6 Å². The first kappa shape index (κ1) is 27.3. The molecule has 2 aromatic carbocycles. The summed E-state index contributed by atoms with van der Waals surface area (Å²) in [5, 5.41) is 20.6. The van der Waals surface area contributed by atoms with Gasteiger partial charge in [-0.1, -0.05) is 41.9 Å². The highest BCUT2D eigenvalue weighted by atomic mass is 35.5. The highest BCUT2D eigenvalue weighted by Gasteiger charge is 2.24. The molecule has 0 atom stereocenters. The summed E-state index contributed by atoms with van der Waals surface area (Å²) < 4.78 is 5.88. The van der Waals surface area contributed by atoms with E-state index in [0.29, 0.717) is 32.4 Å². The molecule has 3 aromatic rings. The van der Waals surface area contributed by atoms with Crippen LogP contribution in [0, 0.1) is 5.41 Å². The predicted molar refractivity (Wildman–Crippen MR) is 142 cm³/mol. The Bertz CT molecular complexity index is 1300. The molecule has 0 fully saturated rings. The van der Waals surface area contributed by atoms with Gasteiger partial charge in [0.1, 0.15) is 5.75 Å². The van der Waals surface area contributed by atoms with Gasteiger partial charge in [0.2, 0.25) is 0 Å². The summed E-state index contributed by atoms with van der Waals surface area (Å²) in [4.78, 5) is 32.2. The van der Waals surface area contributed by atoms with Crippen LogP contribution in [0.15, 0.2) is 36.4 Å². The second-order valence-corrected chi connectivity index (χ2v) is 8.49. The molecular formula is C24H29ClN8O4. The van der Waals surface area contributed by atoms with Gasteiger partial charge in [-0.3, -0.25) is 15.1 Å². The lowest BCUT2D eigenvalue weighted by molar-refractivity contribution is 0.0838. The van der Waals surface area contributed by atoms with Crippen molar-refractivity contribution in [1.82, 2.24) is 20.2 Å². The van der Waals surface area contributed by atoms with Gasteiger partial charge < -0.3 is 32.4 Å². The van der Waals surface area contributed by atoms with Crippen LogP contribution in [0.4, 0.5) is 16.4 Å².